The van der Waals surface area contributed by atoms with Gasteiger partial charge in [0.2, 0.25) is 0 Å². The number of rotatable bonds is 9. The van der Waals surface area contributed by atoms with Crippen molar-refractivity contribution in [3.63, 3.8) is 0 Å². The highest BCUT2D eigenvalue weighted by atomic mass is 32.2. The lowest BCUT2D eigenvalue weighted by molar-refractivity contribution is -0.124. The van der Waals surface area contributed by atoms with Crippen LogP contribution < -0.4 is 5.48 Å². The Kier molecular flexibility index (Phi) is 7.48. The van der Waals surface area contributed by atoms with Gasteiger partial charge < -0.3 is 9.47 Å². The van der Waals surface area contributed by atoms with Crippen molar-refractivity contribution in [2.24, 2.45) is 5.41 Å². The molecule has 0 fully saturated rings. The van der Waals surface area contributed by atoms with E-state index in [1.165, 1.54) is 6.08 Å². The van der Waals surface area contributed by atoms with Gasteiger partial charge in [0.25, 0.3) is 5.91 Å². The van der Waals surface area contributed by atoms with Crippen molar-refractivity contribution < 1.29 is 10.0 Å². The zero-order valence-electron chi connectivity index (χ0n) is 18.4. The summed E-state index contributed by atoms with van der Waals surface area (Å²) in [7, 11) is 4.18. The van der Waals surface area contributed by atoms with Gasteiger partial charge in [0, 0.05) is 37.3 Å². The van der Waals surface area contributed by atoms with Crippen molar-refractivity contribution >= 4 is 34.8 Å². The molecule has 1 aromatic carbocycles. The van der Waals surface area contributed by atoms with E-state index in [1.54, 1.807) is 29.5 Å². The predicted octanol–water partition coefficient (Wildman–Crippen LogP) is 3.83. The van der Waals surface area contributed by atoms with E-state index < -0.39 is 5.91 Å². The van der Waals surface area contributed by atoms with Crippen molar-refractivity contribution in [2.45, 2.75) is 31.3 Å². The Morgan fingerprint density at radius 1 is 1.32 bits per heavy atom. The molecule has 0 unspecified atom stereocenters. The quantitative estimate of drug-likeness (QED) is 0.228. The van der Waals surface area contributed by atoms with Gasteiger partial charge in [-0.25, -0.2) is 10.5 Å². The highest BCUT2D eigenvalue weighted by Gasteiger charge is 2.23. The van der Waals surface area contributed by atoms with Crippen molar-refractivity contribution in [3.05, 3.63) is 59.9 Å². The van der Waals surface area contributed by atoms with E-state index in [9.17, 15) is 4.79 Å². The molecule has 0 spiro atoms. The monoisotopic (exact) mass is 439 g/mol. The largest absolute Gasteiger partial charge is 0.318 e. The summed E-state index contributed by atoms with van der Waals surface area (Å²) in [6, 6.07) is 9.97. The summed E-state index contributed by atoms with van der Waals surface area (Å²) in [6.07, 6.45) is 6.60. The number of fused-ring (bicyclic) bond motifs is 1. The molecule has 3 rings (SSSR count). The molecule has 7 nitrogen and oxygen atoms in total. The first-order chi connectivity index (χ1) is 14.8. The number of aromatic nitrogens is 3. The number of nitrogens with zero attached hydrogens (tertiary/aromatic N) is 4. The van der Waals surface area contributed by atoms with Gasteiger partial charge in [-0.3, -0.25) is 15.0 Å². The smallest absolute Gasteiger partial charge is 0.267 e. The second kappa shape index (κ2) is 10.1. The van der Waals surface area contributed by atoms with Crippen LogP contribution in [-0.2, 0) is 17.1 Å². The van der Waals surface area contributed by atoms with Crippen LogP contribution in [0.2, 0.25) is 0 Å². The molecule has 2 N–H and O–H groups in total. The third kappa shape index (κ3) is 6.40. The van der Waals surface area contributed by atoms with Crippen LogP contribution in [0.5, 0.6) is 0 Å². The lowest BCUT2D eigenvalue weighted by atomic mass is 9.93. The Morgan fingerprint density at radius 3 is 2.81 bits per heavy atom. The molecule has 0 bridgehead atoms. The fourth-order valence-electron chi connectivity index (χ4n) is 3.67. The zero-order chi connectivity index (χ0) is 22.4. The third-order valence-electron chi connectivity index (χ3n) is 4.70. The maximum Gasteiger partial charge on any atom is 0.267 e. The minimum atomic E-state index is -0.566. The number of thioether (sulfide) groups is 1. The van der Waals surface area contributed by atoms with Crippen LogP contribution in [0.3, 0.4) is 0 Å². The molecule has 0 radical (unpaired) electrons. The Morgan fingerprint density at radius 2 is 2.13 bits per heavy atom. The molecular formula is C23H29N5O2S. The summed E-state index contributed by atoms with van der Waals surface area (Å²) in [5.74, 6) is 0.220. The number of amides is 1. The zero-order valence-corrected chi connectivity index (χ0v) is 19.2. The van der Waals surface area contributed by atoms with Gasteiger partial charge in [-0.1, -0.05) is 37.7 Å². The van der Waals surface area contributed by atoms with Gasteiger partial charge in [0.1, 0.15) is 0 Å². The number of hydroxylamine groups is 1. The SMILES string of the molecule is CN(C)CC(C)(C)Cn1c(SCc2cccnc2)nc2cc(C=CC(=O)NO)ccc21. The topological polar surface area (TPSA) is 83.3 Å². The van der Waals surface area contributed by atoms with Crippen LogP contribution in [0.15, 0.2) is 54.0 Å². The fourth-order valence-corrected chi connectivity index (χ4v) is 4.61. The number of nitrogens with one attached hydrogen (secondary N) is 1. The highest BCUT2D eigenvalue weighted by Crippen LogP contribution is 2.31. The molecule has 3 aromatic rings. The molecule has 0 saturated heterocycles. The van der Waals surface area contributed by atoms with E-state index in [0.29, 0.717) is 0 Å². The number of benzene rings is 1. The van der Waals surface area contributed by atoms with Gasteiger partial charge in [-0.2, -0.15) is 0 Å². The van der Waals surface area contributed by atoms with Crippen molar-refractivity contribution in [1.82, 2.24) is 24.9 Å². The maximum atomic E-state index is 11.3. The Labute approximate surface area is 187 Å². The first kappa shape index (κ1) is 23.0. The second-order valence-electron chi connectivity index (χ2n) is 8.59. The van der Waals surface area contributed by atoms with Crippen LogP contribution in [0.1, 0.15) is 25.0 Å². The summed E-state index contributed by atoms with van der Waals surface area (Å²) < 4.78 is 2.29. The number of pyridine rings is 1. The fraction of sp³-hybridized carbons (Fsp3) is 0.348. The molecule has 2 aromatic heterocycles. The number of carbonyl (C=O) groups excluding carboxylic acids is 1. The van der Waals surface area contributed by atoms with Crippen LogP contribution in [0.4, 0.5) is 0 Å². The third-order valence-corrected chi connectivity index (χ3v) is 5.74. The molecule has 2 heterocycles. The summed E-state index contributed by atoms with van der Waals surface area (Å²) in [4.78, 5) is 22.6. The van der Waals surface area contributed by atoms with Crippen molar-refractivity contribution in [3.8, 4) is 0 Å². The first-order valence-corrected chi connectivity index (χ1v) is 11.0. The molecule has 0 aliphatic heterocycles. The first-order valence-electron chi connectivity index (χ1n) is 10.1. The lowest BCUT2D eigenvalue weighted by Crippen LogP contribution is -2.32. The van der Waals surface area contributed by atoms with Gasteiger partial charge in [-0.05, 0) is 54.9 Å². The maximum absolute atomic E-state index is 11.3. The molecule has 8 heteroatoms. The summed E-state index contributed by atoms with van der Waals surface area (Å²) >= 11 is 1.70. The van der Waals surface area contributed by atoms with E-state index in [-0.39, 0.29) is 5.41 Å². The highest BCUT2D eigenvalue weighted by molar-refractivity contribution is 7.98. The number of imidazole rings is 1. The van der Waals surface area contributed by atoms with E-state index >= 15 is 0 Å². The number of hydrogen-bond acceptors (Lipinski definition) is 6. The van der Waals surface area contributed by atoms with E-state index in [1.807, 2.05) is 30.5 Å². The minimum absolute atomic E-state index is 0.0541. The number of hydrogen-bond donors (Lipinski definition) is 2. The standard InChI is InChI=1S/C23H29N5O2S/c1-23(2,15-27(3)4)16-28-20-9-7-17(8-10-21(29)26-30)12-19(20)25-22(28)31-14-18-6-5-11-24-13-18/h5-13,30H,14-16H2,1-4H3,(H,26,29). The van der Waals surface area contributed by atoms with E-state index in [0.717, 1.165) is 46.2 Å². The Balaban J connectivity index is 1.95. The van der Waals surface area contributed by atoms with Gasteiger partial charge in [0.05, 0.1) is 11.0 Å². The molecule has 31 heavy (non-hydrogen) atoms. The van der Waals surface area contributed by atoms with E-state index in [2.05, 4.69) is 48.5 Å². The van der Waals surface area contributed by atoms with Crippen LogP contribution in [0, 0.1) is 5.41 Å². The van der Waals surface area contributed by atoms with Gasteiger partial charge >= 0.3 is 0 Å². The molecule has 0 atom stereocenters. The van der Waals surface area contributed by atoms with Crippen molar-refractivity contribution in [2.75, 3.05) is 20.6 Å². The van der Waals surface area contributed by atoms with Crippen LogP contribution >= 0.6 is 11.8 Å². The lowest BCUT2D eigenvalue weighted by Gasteiger charge is -2.29. The molecule has 0 saturated carbocycles. The summed E-state index contributed by atoms with van der Waals surface area (Å²) in [5, 5.41) is 9.63. The normalized spacial score (nSPS) is 12.2. The molecule has 1 amide bonds. The average Bonchev–Trinajstić information content (AvgIpc) is 3.06. The van der Waals surface area contributed by atoms with Crippen LogP contribution in [0.25, 0.3) is 17.1 Å². The Bertz CT molecular complexity index is 1060. The predicted molar refractivity (Wildman–Crippen MR) is 125 cm³/mol. The summed E-state index contributed by atoms with van der Waals surface area (Å²) in [5.41, 5.74) is 5.59. The van der Waals surface area contributed by atoms with Gasteiger partial charge in [-0.15, -0.1) is 0 Å². The number of carbonyl (C=O) groups is 1. The summed E-state index contributed by atoms with van der Waals surface area (Å²) in [6.45, 7) is 6.31. The van der Waals surface area contributed by atoms with E-state index in [4.69, 9.17) is 10.2 Å². The second-order valence-corrected chi connectivity index (χ2v) is 9.53. The average molecular weight is 440 g/mol. The van der Waals surface area contributed by atoms with Gasteiger partial charge in [0.15, 0.2) is 5.16 Å². The molecule has 0 aliphatic carbocycles. The molecule has 0 aliphatic rings. The van der Waals surface area contributed by atoms with Crippen molar-refractivity contribution in [1.29, 1.82) is 0 Å². The minimum Gasteiger partial charge on any atom is -0.318 e. The molecule has 164 valence electrons. The Hall–Kier alpha value is -2.68. The van der Waals surface area contributed by atoms with Crippen LogP contribution in [-0.4, -0.2) is 51.2 Å². The molecular weight excluding hydrogens is 410 g/mol.